The molecule has 140 valence electrons. The standard InChI is InChI=1S/C19H13ClN4O2S2/c1-10(25)22-11-6-7-14-15(8-11)28-19(23-14)24-17(26)16-9-21-18(27-16)12-4-2-3-5-13(12)20/h2-9H,1H3,(H,22,25)(H,23,24,26). The lowest BCUT2D eigenvalue weighted by Gasteiger charge is -1.99. The zero-order chi connectivity index (χ0) is 19.7. The van der Waals surface area contributed by atoms with E-state index < -0.39 is 0 Å². The summed E-state index contributed by atoms with van der Waals surface area (Å²) in [5.74, 6) is -0.422. The third kappa shape index (κ3) is 3.89. The van der Waals surface area contributed by atoms with Crippen molar-refractivity contribution in [2.24, 2.45) is 0 Å². The maximum Gasteiger partial charge on any atom is 0.269 e. The largest absolute Gasteiger partial charge is 0.326 e. The second kappa shape index (κ2) is 7.67. The minimum atomic E-state index is -0.281. The highest BCUT2D eigenvalue weighted by Gasteiger charge is 2.15. The molecule has 0 atom stereocenters. The van der Waals surface area contributed by atoms with Crippen molar-refractivity contribution >= 4 is 67.1 Å². The van der Waals surface area contributed by atoms with E-state index in [2.05, 4.69) is 20.6 Å². The normalized spacial score (nSPS) is 10.8. The van der Waals surface area contributed by atoms with Gasteiger partial charge in [0, 0.05) is 18.2 Å². The van der Waals surface area contributed by atoms with Crippen LogP contribution >= 0.6 is 34.3 Å². The van der Waals surface area contributed by atoms with Crippen LogP contribution in [0.15, 0.2) is 48.7 Å². The minimum absolute atomic E-state index is 0.142. The Morgan fingerprint density at radius 1 is 1.07 bits per heavy atom. The van der Waals surface area contributed by atoms with E-state index in [0.717, 1.165) is 15.8 Å². The van der Waals surface area contributed by atoms with Crippen molar-refractivity contribution in [3.05, 3.63) is 58.6 Å². The van der Waals surface area contributed by atoms with Crippen molar-refractivity contribution in [3.8, 4) is 10.6 Å². The lowest BCUT2D eigenvalue weighted by molar-refractivity contribution is -0.114. The van der Waals surface area contributed by atoms with Gasteiger partial charge in [0.25, 0.3) is 5.91 Å². The van der Waals surface area contributed by atoms with Crippen LogP contribution in [0.25, 0.3) is 20.8 Å². The van der Waals surface area contributed by atoms with Gasteiger partial charge in [-0.1, -0.05) is 41.1 Å². The van der Waals surface area contributed by atoms with Crippen molar-refractivity contribution in [2.45, 2.75) is 6.92 Å². The second-order valence-electron chi connectivity index (χ2n) is 5.85. The molecule has 0 fully saturated rings. The van der Waals surface area contributed by atoms with Gasteiger partial charge in [0.15, 0.2) is 5.13 Å². The van der Waals surface area contributed by atoms with Gasteiger partial charge in [-0.3, -0.25) is 14.9 Å². The van der Waals surface area contributed by atoms with Gasteiger partial charge in [0.05, 0.1) is 21.4 Å². The number of benzene rings is 2. The van der Waals surface area contributed by atoms with Crippen LogP contribution in [-0.2, 0) is 4.79 Å². The fraction of sp³-hybridized carbons (Fsp3) is 0.0526. The molecule has 2 amide bonds. The van der Waals surface area contributed by atoms with Crippen LogP contribution in [0.2, 0.25) is 5.02 Å². The monoisotopic (exact) mass is 428 g/mol. The van der Waals surface area contributed by atoms with Gasteiger partial charge in [-0.25, -0.2) is 9.97 Å². The molecule has 4 aromatic rings. The lowest BCUT2D eigenvalue weighted by atomic mass is 10.2. The molecule has 0 saturated heterocycles. The summed E-state index contributed by atoms with van der Waals surface area (Å²) in [6.07, 6.45) is 1.53. The van der Waals surface area contributed by atoms with Crippen molar-refractivity contribution in [3.63, 3.8) is 0 Å². The van der Waals surface area contributed by atoms with Gasteiger partial charge in [0.2, 0.25) is 5.91 Å². The van der Waals surface area contributed by atoms with Crippen LogP contribution < -0.4 is 10.6 Å². The average Bonchev–Trinajstić information content (AvgIpc) is 3.28. The number of thiazole rings is 2. The molecule has 2 aromatic carbocycles. The van der Waals surface area contributed by atoms with Crippen molar-refractivity contribution < 1.29 is 9.59 Å². The second-order valence-corrected chi connectivity index (χ2v) is 8.31. The topological polar surface area (TPSA) is 84.0 Å². The molecule has 2 aromatic heterocycles. The number of carbonyl (C=O) groups is 2. The minimum Gasteiger partial charge on any atom is -0.326 e. The number of anilines is 2. The molecule has 4 rings (SSSR count). The number of aromatic nitrogens is 2. The van der Waals surface area contributed by atoms with Gasteiger partial charge >= 0.3 is 0 Å². The van der Waals surface area contributed by atoms with Gasteiger partial charge < -0.3 is 5.32 Å². The third-order valence-electron chi connectivity index (χ3n) is 3.76. The first-order valence-electron chi connectivity index (χ1n) is 8.20. The molecule has 0 saturated carbocycles. The number of nitrogens with one attached hydrogen (secondary N) is 2. The summed E-state index contributed by atoms with van der Waals surface area (Å²) >= 11 is 8.80. The Hall–Kier alpha value is -2.81. The summed E-state index contributed by atoms with van der Waals surface area (Å²) in [4.78, 5) is 32.9. The molecule has 0 spiro atoms. The Bertz CT molecular complexity index is 1200. The smallest absolute Gasteiger partial charge is 0.269 e. The van der Waals surface area contributed by atoms with Gasteiger partial charge in [-0.2, -0.15) is 0 Å². The summed E-state index contributed by atoms with van der Waals surface area (Å²) in [7, 11) is 0. The molecule has 0 aliphatic rings. The fourth-order valence-electron chi connectivity index (χ4n) is 2.56. The highest BCUT2D eigenvalue weighted by Crippen LogP contribution is 2.32. The SMILES string of the molecule is CC(=O)Nc1ccc2nc(NC(=O)c3cnc(-c4ccccc4Cl)s3)sc2c1. The van der Waals surface area contributed by atoms with Gasteiger partial charge in [-0.15, -0.1) is 11.3 Å². The lowest BCUT2D eigenvalue weighted by Crippen LogP contribution is -2.09. The highest BCUT2D eigenvalue weighted by molar-refractivity contribution is 7.22. The first kappa shape index (κ1) is 18.5. The molecular formula is C19H13ClN4O2S2. The number of hydrogen-bond acceptors (Lipinski definition) is 6. The Morgan fingerprint density at radius 3 is 2.68 bits per heavy atom. The summed E-state index contributed by atoms with van der Waals surface area (Å²) < 4.78 is 0.864. The predicted molar refractivity (Wildman–Crippen MR) is 114 cm³/mol. The predicted octanol–water partition coefficient (Wildman–Crippen LogP) is 5.28. The van der Waals surface area contributed by atoms with E-state index in [1.165, 1.54) is 35.8 Å². The number of halogens is 1. The van der Waals surface area contributed by atoms with Crippen LogP contribution in [0.5, 0.6) is 0 Å². The molecule has 28 heavy (non-hydrogen) atoms. The van der Waals surface area contributed by atoms with E-state index in [0.29, 0.717) is 25.7 Å². The van der Waals surface area contributed by atoms with Crippen LogP contribution in [-0.4, -0.2) is 21.8 Å². The maximum atomic E-state index is 12.6. The van der Waals surface area contributed by atoms with Crippen LogP contribution in [0, 0.1) is 0 Å². The number of fused-ring (bicyclic) bond motifs is 1. The van der Waals surface area contributed by atoms with Crippen LogP contribution in [0.1, 0.15) is 16.6 Å². The molecular weight excluding hydrogens is 416 g/mol. The number of carbonyl (C=O) groups excluding carboxylic acids is 2. The zero-order valence-corrected chi connectivity index (χ0v) is 16.9. The van der Waals surface area contributed by atoms with E-state index in [9.17, 15) is 9.59 Å². The fourth-order valence-corrected chi connectivity index (χ4v) is 4.59. The molecule has 2 N–H and O–H groups in total. The first-order valence-corrected chi connectivity index (χ1v) is 10.2. The molecule has 2 heterocycles. The number of hydrogen-bond donors (Lipinski definition) is 2. The summed E-state index contributed by atoms with van der Waals surface area (Å²) in [5.41, 5.74) is 2.22. The number of amides is 2. The van der Waals surface area contributed by atoms with E-state index in [1.54, 1.807) is 18.2 Å². The molecule has 0 aliphatic carbocycles. The molecule has 0 bridgehead atoms. The number of nitrogens with zero attached hydrogens (tertiary/aromatic N) is 2. The van der Waals surface area contributed by atoms with Crippen molar-refractivity contribution in [2.75, 3.05) is 10.6 Å². The van der Waals surface area contributed by atoms with Crippen molar-refractivity contribution in [1.29, 1.82) is 0 Å². The average molecular weight is 429 g/mol. The summed E-state index contributed by atoms with van der Waals surface area (Å²) in [6, 6.07) is 12.8. The Kier molecular flexibility index (Phi) is 5.08. The Labute approximate surface area is 173 Å². The zero-order valence-electron chi connectivity index (χ0n) is 14.5. The van der Waals surface area contributed by atoms with Crippen LogP contribution in [0.4, 0.5) is 10.8 Å². The number of rotatable bonds is 4. The van der Waals surface area contributed by atoms with Crippen LogP contribution in [0.3, 0.4) is 0 Å². The molecule has 0 unspecified atom stereocenters. The summed E-state index contributed by atoms with van der Waals surface area (Å²) in [6.45, 7) is 1.45. The maximum absolute atomic E-state index is 12.6. The molecule has 0 aliphatic heterocycles. The van der Waals surface area contributed by atoms with Gasteiger partial charge in [-0.05, 0) is 24.3 Å². The molecule has 9 heteroatoms. The Balaban J connectivity index is 1.54. The Morgan fingerprint density at radius 2 is 1.89 bits per heavy atom. The molecule has 0 radical (unpaired) electrons. The van der Waals surface area contributed by atoms with E-state index in [-0.39, 0.29) is 11.8 Å². The van der Waals surface area contributed by atoms with E-state index in [1.807, 2.05) is 24.3 Å². The first-order chi connectivity index (χ1) is 13.5. The van der Waals surface area contributed by atoms with E-state index in [4.69, 9.17) is 11.6 Å². The summed E-state index contributed by atoms with van der Waals surface area (Å²) in [5, 5.41) is 7.28. The molecule has 6 nitrogen and oxygen atoms in total. The quantitative estimate of drug-likeness (QED) is 0.463. The van der Waals surface area contributed by atoms with E-state index >= 15 is 0 Å². The third-order valence-corrected chi connectivity index (χ3v) is 6.06. The van der Waals surface area contributed by atoms with Gasteiger partial charge in [0.1, 0.15) is 9.88 Å². The van der Waals surface area contributed by atoms with Crippen molar-refractivity contribution in [1.82, 2.24) is 9.97 Å². The highest BCUT2D eigenvalue weighted by atomic mass is 35.5.